The van der Waals surface area contributed by atoms with Crippen molar-refractivity contribution in [3.63, 3.8) is 0 Å². The Hall–Kier alpha value is -1.18. The third-order valence-corrected chi connectivity index (χ3v) is 5.64. The molecule has 6 nitrogen and oxygen atoms in total. The third kappa shape index (κ3) is 2.01. The van der Waals surface area contributed by atoms with Gasteiger partial charge in [0, 0.05) is 37.4 Å². The van der Waals surface area contributed by atoms with Gasteiger partial charge in [-0.25, -0.2) is 4.98 Å². The summed E-state index contributed by atoms with van der Waals surface area (Å²) in [6, 6.07) is 0. The number of ether oxygens (including phenoxy) is 1. The molecule has 0 unspecified atom stereocenters. The highest BCUT2D eigenvalue weighted by Crippen LogP contribution is 2.51. The second-order valence-corrected chi connectivity index (χ2v) is 6.41. The van der Waals surface area contributed by atoms with Gasteiger partial charge in [0.2, 0.25) is 0 Å². The van der Waals surface area contributed by atoms with E-state index in [0.29, 0.717) is 5.69 Å². The van der Waals surface area contributed by atoms with Gasteiger partial charge < -0.3 is 20.5 Å². The van der Waals surface area contributed by atoms with Crippen molar-refractivity contribution in [1.82, 2.24) is 4.98 Å². The first-order valence-electron chi connectivity index (χ1n) is 6.78. The number of hydrogen-bond donors (Lipinski definition) is 2. The minimum atomic E-state index is -0.491. The van der Waals surface area contributed by atoms with Crippen molar-refractivity contribution in [2.24, 2.45) is 11.1 Å². The molecule has 2 fully saturated rings. The highest BCUT2D eigenvalue weighted by atomic mass is 32.1. The van der Waals surface area contributed by atoms with Crippen LogP contribution in [0.2, 0.25) is 0 Å². The van der Waals surface area contributed by atoms with Crippen molar-refractivity contribution >= 4 is 22.4 Å². The molecule has 1 saturated carbocycles. The minimum absolute atomic E-state index is 0.0883. The second kappa shape index (κ2) is 4.98. The summed E-state index contributed by atoms with van der Waals surface area (Å²) in [5.74, 6) is -0.491. The molecule has 0 radical (unpaired) electrons. The zero-order valence-electron chi connectivity index (χ0n) is 11.4. The van der Waals surface area contributed by atoms with Gasteiger partial charge in [-0.1, -0.05) is 0 Å². The zero-order valence-corrected chi connectivity index (χ0v) is 12.2. The van der Waals surface area contributed by atoms with Crippen molar-refractivity contribution in [1.29, 1.82) is 0 Å². The molecule has 1 aromatic rings. The molecule has 110 valence electrons. The van der Waals surface area contributed by atoms with Crippen LogP contribution in [0.25, 0.3) is 0 Å². The Kier molecular flexibility index (Phi) is 3.43. The summed E-state index contributed by atoms with van der Waals surface area (Å²) >= 11 is 1.44. The van der Waals surface area contributed by atoms with Crippen LogP contribution in [0.1, 0.15) is 29.8 Å². The number of primary amides is 1. The topological polar surface area (TPSA) is 88.7 Å². The predicted octanol–water partition coefficient (Wildman–Crippen LogP) is 0.608. The molecule has 1 saturated heterocycles. The van der Waals surface area contributed by atoms with Gasteiger partial charge in [0.05, 0.1) is 12.2 Å². The lowest BCUT2D eigenvalue weighted by Crippen LogP contribution is -2.62. The number of rotatable bonds is 3. The van der Waals surface area contributed by atoms with Crippen LogP contribution in [0.3, 0.4) is 0 Å². The molecule has 1 amide bonds. The van der Waals surface area contributed by atoms with Crippen molar-refractivity contribution in [3.05, 3.63) is 11.1 Å². The van der Waals surface area contributed by atoms with Crippen molar-refractivity contribution in [2.75, 3.05) is 25.1 Å². The van der Waals surface area contributed by atoms with E-state index in [2.05, 4.69) is 9.88 Å². The largest absolute Gasteiger partial charge is 0.392 e. The number of aliphatic hydroxyl groups is 1. The monoisotopic (exact) mass is 297 g/mol. The maximum atomic E-state index is 11.1. The van der Waals surface area contributed by atoms with Gasteiger partial charge in [0.1, 0.15) is 5.69 Å². The quantitative estimate of drug-likeness (QED) is 0.853. The fourth-order valence-electron chi connectivity index (χ4n) is 3.35. The molecule has 1 aliphatic heterocycles. The van der Waals surface area contributed by atoms with E-state index in [1.54, 1.807) is 12.5 Å². The van der Waals surface area contributed by atoms with Crippen LogP contribution in [0.15, 0.2) is 5.38 Å². The molecule has 1 aromatic heterocycles. The first-order chi connectivity index (χ1) is 9.56. The number of methoxy groups -OCH3 is 1. The molecule has 1 spiro atoms. The smallest absolute Gasteiger partial charge is 0.268 e. The number of aromatic nitrogens is 1. The Morgan fingerprint density at radius 2 is 2.30 bits per heavy atom. The van der Waals surface area contributed by atoms with Gasteiger partial charge in [-0.15, -0.1) is 11.3 Å². The Morgan fingerprint density at radius 3 is 2.80 bits per heavy atom. The molecular formula is C13H19N3O3S. The van der Waals surface area contributed by atoms with Gasteiger partial charge in [0.15, 0.2) is 5.13 Å². The molecule has 7 heteroatoms. The number of carbonyl (C=O) groups excluding carboxylic acids is 1. The summed E-state index contributed by atoms with van der Waals surface area (Å²) in [4.78, 5) is 17.5. The number of amides is 1. The Balaban J connectivity index is 1.67. The minimum Gasteiger partial charge on any atom is -0.392 e. The Bertz CT molecular complexity index is 511. The number of hydrogen-bond acceptors (Lipinski definition) is 6. The lowest BCUT2D eigenvalue weighted by Gasteiger charge is -2.56. The molecular weight excluding hydrogens is 278 g/mol. The number of carbonyl (C=O) groups is 1. The number of nitrogens with zero attached hydrogens (tertiary/aromatic N) is 2. The number of anilines is 1. The lowest BCUT2D eigenvalue weighted by molar-refractivity contribution is -0.190. The molecule has 2 atom stereocenters. The molecule has 2 aliphatic rings. The molecule has 2 heterocycles. The number of aliphatic hydroxyl groups excluding tert-OH is 1. The standard InChI is InChI=1S/C13H19N3O3S/c1-19-10-6-9(17)13(10)2-4-16(5-3-13)12-15-8(7-20-12)11(14)18/h7,9-10,17H,2-6H2,1H3,(H2,14,18)/t9-,10+/m0/s1. The summed E-state index contributed by atoms with van der Waals surface area (Å²) in [6.07, 6.45) is 2.42. The average Bonchev–Trinajstić information content (AvgIpc) is 2.94. The highest BCUT2D eigenvalue weighted by molar-refractivity contribution is 7.13. The van der Waals surface area contributed by atoms with E-state index in [0.717, 1.165) is 37.5 Å². The van der Waals surface area contributed by atoms with Crippen LogP contribution in [0.5, 0.6) is 0 Å². The molecule has 1 aliphatic carbocycles. The van der Waals surface area contributed by atoms with E-state index in [9.17, 15) is 9.90 Å². The fraction of sp³-hybridized carbons (Fsp3) is 0.692. The van der Waals surface area contributed by atoms with Crippen LogP contribution in [0.4, 0.5) is 5.13 Å². The zero-order chi connectivity index (χ0) is 14.3. The normalized spacial score (nSPS) is 28.4. The van der Waals surface area contributed by atoms with Crippen LogP contribution in [-0.4, -0.2) is 48.4 Å². The Morgan fingerprint density at radius 1 is 1.60 bits per heavy atom. The first-order valence-corrected chi connectivity index (χ1v) is 7.66. The molecule has 3 N–H and O–H groups in total. The highest BCUT2D eigenvalue weighted by Gasteiger charge is 2.55. The third-order valence-electron chi connectivity index (χ3n) is 4.74. The van der Waals surface area contributed by atoms with E-state index in [1.165, 1.54) is 11.3 Å². The number of nitrogens with two attached hydrogens (primary N) is 1. The SMILES string of the molecule is CO[C@@H]1C[C@H](O)C12CCN(c1nc(C(N)=O)cs1)CC2. The van der Waals surface area contributed by atoms with Crippen LogP contribution in [0, 0.1) is 5.41 Å². The molecule has 0 bridgehead atoms. The molecule has 3 rings (SSSR count). The summed E-state index contributed by atoms with van der Waals surface area (Å²) in [6.45, 7) is 1.64. The van der Waals surface area contributed by atoms with Crippen LogP contribution >= 0.6 is 11.3 Å². The van der Waals surface area contributed by atoms with Gasteiger partial charge in [-0.05, 0) is 12.8 Å². The van der Waals surface area contributed by atoms with E-state index in [-0.39, 0.29) is 17.6 Å². The second-order valence-electron chi connectivity index (χ2n) is 5.58. The van der Waals surface area contributed by atoms with Gasteiger partial charge in [0.25, 0.3) is 5.91 Å². The average molecular weight is 297 g/mol. The summed E-state index contributed by atoms with van der Waals surface area (Å²) in [7, 11) is 1.71. The van der Waals surface area contributed by atoms with Gasteiger partial charge >= 0.3 is 0 Å². The molecule has 0 aromatic carbocycles. The lowest BCUT2D eigenvalue weighted by atomic mass is 9.58. The van der Waals surface area contributed by atoms with Crippen molar-refractivity contribution in [2.45, 2.75) is 31.5 Å². The van der Waals surface area contributed by atoms with E-state index in [4.69, 9.17) is 10.5 Å². The van der Waals surface area contributed by atoms with Gasteiger partial charge in [-0.3, -0.25) is 4.79 Å². The van der Waals surface area contributed by atoms with Gasteiger partial charge in [-0.2, -0.15) is 0 Å². The number of thiazole rings is 1. The molecule has 20 heavy (non-hydrogen) atoms. The maximum absolute atomic E-state index is 11.1. The number of piperidine rings is 1. The van der Waals surface area contributed by atoms with E-state index >= 15 is 0 Å². The van der Waals surface area contributed by atoms with Crippen molar-refractivity contribution in [3.8, 4) is 0 Å². The summed E-state index contributed by atoms with van der Waals surface area (Å²) in [5.41, 5.74) is 5.46. The van der Waals surface area contributed by atoms with E-state index in [1.807, 2.05) is 0 Å². The predicted molar refractivity (Wildman–Crippen MR) is 75.9 cm³/mol. The summed E-state index contributed by atoms with van der Waals surface area (Å²) in [5, 5.41) is 12.6. The van der Waals surface area contributed by atoms with Crippen molar-refractivity contribution < 1.29 is 14.6 Å². The first kappa shape index (κ1) is 13.8. The fourth-order valence-corrected chi connectivity index (χ4v) is 4.22. The van der Waals surface area contributed by atoms with Crippen LogP contribution < -0.4 is 10.6 Å². The van der Waals surface area contributed by atoms with E-state index < -0.39 is 5.91 Å². The summed E-state index contributed by atoms with van der Waals surface area (Å²) < 4.78 is 5.47. The van der Waals surface area contributed by atoms with Crippen LogP contribution in [-0.2, 0) is 4.74 Å². The maximum Gasteiger partial charge on any atom is 0.268 e. The Labute approximate surface area is 121 Å².